The van der Waals surface area contributed by atoms with Gasteiger partial charge < -0.3 is 30.3 Å². The molecule has 2 aliphatic rings. The Hall–Kier alpha value is -2.11. The Morgan fingerprint density at radius 3 is 2.41 bits per heavy atom. The smallest absolute Gasteiger partial charge is 0.119 e. The van der Waals surface area contributed by atoms with Gasteiger partial charge in [0.2, 0.25) is 0 Å². The van der Waals surface area contributed by atoms with E-state index in [9.17, 15) is 25.5 Å². The first-order valence-corrected chi connectivity index (χ1v) is 11.1. The highest BCUT2D eigenvalue weighted by Gasteiger charge is 2.66. The lowest BCUT2D eigenvalue weighted by atomic mass is 9.68. The van der Waals surface area contributed by atoms with E-state index in [0.717, 1.165) is 16.9 Å². The standard InChI is InChI=1S/C25H27ClO6/c1-2-32-17-6-3-14(4-7-17)11-16-12-15(5-8-19(16)26)9-10-25-20(27)13-18(23(25)30)21(28)22(29)24(25)31/h3-8,12,18,20-24,27-31H,2,11,13H2,1H3/t18-,20?,21+,22+,23?,24+,25+/m1/s1. The van der Waals surface area contributed by atoms with Gasteiger partial charge in [-0.1, -0.05) is 35.6 Å². The summed E-state index contributed by atoms with van der Waals surface area (Å²) in [4.78, 5) is 0. The molecule has 7 atom stereocenters. The third-order valence-corrected chi connectivity index (χ3v) is 7.01. The lowest BCUT2D eigenvalue weighted by Crippen LogP contribution is -2.62. The molecule has 0 aliphatic heterocycles. The quantitative estimate of drug-likeness (QED) is 0.444. The lowest BCUT2D eigenvalue weighted by molar-refractivity contribution is -0.188. The van der Waals surface area contributed by atoms with Crippen molar-refractivity contribution >= 4 is 11.6 Å². The molecule has 4 rings (SSSR count). The van der Waals surface area contributed by atoms with Crippen molar-refractivity contribution in [3.8, 4) is 17.6 Å². The van der Waals surface area contributed by atoms with Crippen molar-refractivity contribution in [1.29, 1.82) is 0 Å². The second kappa shape index (κ2) is 9.03. The van der Waals surface area contributed by atoms with Gasteiger partial charge in [-0.05, 0) is 61.2 Å². The van der Waals surface area contributed by atoms with E-state index in [1.807, 2.05) is 37.3 Å². The SMILES string of the molecule is CCOc1ccc(Cc2cc(C#C[C@]34C(O)C[C@@H](C3O)[C@H](O)[C@H](O)[C@@H]4O)ccc2Cl)cc1. The van der Waals surface area contributed by atoms with Gasteiger partial charge in [0.25, 0.3) is 0 Å². The van der Waals surface area contributed by atoms with Gasteiger partial charge in [-0.15, -0.1) is 0 Å². The molecule has 2 aromatic carbocycles. The second-order valence-electron chi connectivity index (χ2n) is 8.53. The lowest BCUT2D eigenvalue weighted by Gasteiger charge is -2.44. The van der Waals surface area contributed by atoms with Gasteiger partial charge in [-0.3, -0.25) is 0 Å². The molecule has 5 N–H and O–H groups in total. The molecule has 2 aromatic rings. The molecule has 0 aromatic heterocycles. The molecule has 2 bridgehead atoms. The highest BCUT2D eigenvalue weighted by atomic mass is 35.5. The molecule has 0 radical (unpaired) electrons. The topological polar surface area (TPSA) is 110 Å². The summed E-state index contributed by atoms with van der Waals surface area (Å²) in [6.07, 6.45) is -6.19. The molecule has 0 heterocycles. The Bertz CT molecular complexity index is 1030. The van der Waals surface area contributed by atoms with Crippen LogP contribution in [-0.2, 0) is 6.42 Å². The molecule has 0 amide bonds. The van der Waals surface area contributed by atoms with E-state index in [0.29, 0.717) is 23.6 Å². The number of benzene rings is 2. The highest BCUT2D eigenvalue weighted by molar-refractivity contribution is 6.31. The summed E-state index contributed by atoms with van der Waals surface area (Å²) in [7, 11) is 0. The molecule has 6 nitrogen and oxygen atoms in total. The van der Waals surface area contributed by atoms with E-state index >= 15 is 0 Å². The van der Waals surface area contributed by atoms with E-state index in [1.165, 1.54) is 0 Å². The first-order valence-electron chi connectivity index (χ1n) is 10.7. The number of fused-ring (bicyclic) bond motifs is 2. The van der Waals surface area contributed by atoms with Crippen molar-refractivity contribution in [2.45, 2.75) is 50.3 Å². The summed E-state index contributed by atoms with van der Waals surface area (Å²) in [5.41, 5.74) is 0.868. The Kier molecular flexibility index (Phi) is 6.51. The van der Waals surface area contributed by atoms with Crippen LogP contribution in [0.5, 0.6) is 5.75 Å². The molecule has 170 valence electrons. The van der Waals surface area contributed by atoms with Crippen LogP contribution in [0, 0.1) is 23.2 Å². The molecule has 32 heavy (non-hydrogen) atoms. The normalized spacial score (nSPS) is 33.5. The van der Waals surface area contributed by atoms with Gasteiger partial charge in [0.15, 0.2) is 0 Å². The van der Waals surface area contributed by atoms with Crippen LogP contribution in [0.4, 0.5) is 0 Å². The number of rotatable bonds is 4. The van der Waals surface area contributed by atoms with E-state index in [2.05, 4.69) is 11.8 Å². The molecular weight excluding hydrogens is 432 g/mol. The molecule has 0 saturated heterocycles. The van der Waals surface area contributed by atoms with Gasteiger partial charge in [0, 0.05) is 16.5 Å². The van der Waals surface area contributed by atoms with Gasteiger partial charge in [-0.2, -0.15) is 0 Å². The zero-order chi connectivity index (χ0) is 23.0. The minimum absolute atomic E-state index is 0.0503. The number of halogens is 1. The molecular formula is C25H27ClO6. The monoisotopic (exact) mass is 458 g/mol. The van der Waals surface area contributed by atoms with Crippen LogP contribution >= 0.6 is 11.6 Å². The average Bonchev–Trinajstić information content (AvgIpc) is 3.00. The highest BCUT2D eigenvalue weighted by Crippen LogP contribution is 2.51. The molecule has 2 unspecified atom stereocenters. The summed E-state index contributed by atoms with van der Waals surface area (Å²) in [6, 6.07) is 13.0. The third kappa shape index (κ3) is 3.90. The van der Waals surface area contributed by atoms with Gasteiger partial charge in [-0.25, -0.2) is 0 Å². The Morgan fingerprint density at radius 1 is 1.00 bits per heavy atom. The zero-order valence-corrected chi connectivity index (χ0v) is 18.4. The van der Waals surface area contributed by atoms with Crippen LogP contribution in [0.15, 0.2) is 42.5 Å². The number of ether oxygens (including phenoxy) is 1. The zero-order valence-electron chi connectivity index (χ0n) is 17.6. The summed E-state index contributed by atoms with van der Waals surface area (Å²) in [5.74, 6) is 5.83. The van der Waals surface area contributed by atoms with Crippen molar-refractivity contribution in [2.24, 2.45) is 11.3 Å². The largest absolute Gasteiger partial charge is 0.494 e. The molecule has 7 heteroatoms. The Balaban J connectivity index is 1.61. The van der Waals surface area contributed by atoms with Crippen LogP contribution < -0.4 is 4.74 Å². The fourth-order valence-corrected chi connectivity index (χ4v) is 5.03. The van der Waals surface area contributed by atoms with Crippen molar-refractivity contribution in [3.05, 3.63) is 64.2 Å². The summed E-state index contributed by atoms with van der Waals surface area (Å²) in [5, 5.41) is 52.8. The summed E-state index contributed by atoms with van der Waals surface area (Å²) < 4.78 is 5.47. The minimum Gasteiger partial charge on any atom is -0.494 e. The van der Waals surface area contributed by atoms with Crippen molar-refractivity contribution in [2.75, 3.05) is 6.61 Å². The molecule has 0 spiro atoms. The first kappa shape index (κ1) is 23.1. The van der Waals surface area contributed by atoms with Gasteiger partial charge >= 0.3 is 0 Å². The predicted molar refractivity (Wildman–Crippen MR) is 119 cm³/mol. The maximum atomic E-state index is 10.7. The fraction of sp³-hybridized carbons (Fsp3) is 0.440. The number of hydrogen-bond donors (Lipinski definition) is 5. The Morgan fingerprint density at radius 2 is 1.72 bits per heavy atom. The van der Waals surface area contributed by atoms with E-state index < -0.39 is 41.9 Å². The number of hydrogen-bond acceptors (Lipinski definition) is 6. The fourth-order valence-electron chi connectivity index (χ4n) is 4.84. The van der Waals surface area contributed by atoms with Crippen LogP contribution in [0.2, 0.25) is 5.02 Å². The van der Waals surface area contributed by atoms with Crippen molar-refractivity contribution in [1.82, 2.24) is 0 Å². The molecule has 2 saturated carbocycles. The maximum Gasteiger partial charge on any atom is 0.119 e. The Labute approximate surface area is 192 Å². The predicted octanol–water partition coefficient (Wildman–Crippen LogP) is 1.51. The van der Waals surface area contributed by atoms with Crippen molar-refractivity contribution in [3.63, 3.8) is 0 Å². The molecule has 2 aliphatic carbocycles. The average molecular weight is 459 g/mol. The van der Waals surface area contributed by atoms with Crippen LogP contribution in [0.1, 0.15) is 30.0 Å². The summed E-state index contributed by atoms with van der Waals surface area (Å²) >= 11 is 6.39. The van der Waals surface area contributed by atoms with Gasteiger partial charge in [0.05, 0.1) is 24.9 Å². The number of aliphatic hydroxyl groups is 5. The first-order chi connectivity index (χ1) is 15.3. The second-order valence-corrected chi connectivity index (χ2v) is 8.94. The van der Waals surface area contributed by atoms with E-state index in [4.69, 9.17) is 16.3 Å². The molecule has 2 fully saturated rings. The van der Waals surface area contributed by atoms with Crippen molar-refractivity contribution < 1.29 is 30.3 Å². The van der Waals surface area contributed by atoms with Crippen LogP contribution in [0.25, 0.3) is 0 Å². The summed E-state index contributed by atoms with van der Waals surface area (Å²) in [6.45, 7) is 2.53. The maximum absolute atomic E-state index is 10.7. The van der Waals surface area contributed by atoms with Crippen LogP contribution in [0.3, 0.4) is 0 Å². The van der Waals surface area contributed by atoms with E-state index in [-0.39, 0.29) is 6.42 Å². The van der Waals surface area contributed by atoms with Gasteiger partial charge in [0.1, 0.15) is 23.4 Å². The van der Waals surface area contributed by atoms with E-state index in [1.54, 1.807) is 12.1 Å². The number of aliphatic hydroxyl groups excluding tert-OH is 5. The third-order valence-electron chi connectivity index (χ3n) is 6.64. The minimum atomic E-state index is -1.63. The van der Waals surface area contributed by atoms with Crippen LogP contribution in [-0.4, -0.2) is 62.7 Å².